The quantitative estimate of drug-likeness (QED) is 0.510. The molecule has 3 N–H and O–H groups in total. The zero-order chi connectivity index (χ0) is 12.4. The lowest BCUT2D eigenvalue weighted by Gasteiger charge is -2.14. The van der Waals surface area contributed by atoms with Crippen molar-refractivity contribution < 1.29 is 9.59 Å². The fraction of sp³-hybridized carbons (Fsp3) is 0.800. The molecule has 0 aromatic rings. The van der Waals surface area contributed by atoms with Gasteiger partial charge in [0.1, 0.15) is 0 Å². The summed E-state index contributed by atoms with van der Waals surface area (Å²) in [5.74, 6) is -0.0909. The highest BCUT2D eigenvalue weighted by Crippen LogP contribution is 1.77. The summed E-state index contributed by atoms with van der Waals surface area (Å²) in [5.41, 5.74) is 0. The smallest absolute Gasteiger partial charge is 0.314 e. The van der Waals surface area contributed by atoms with Gasteiger partial charge in [-0.2, -0.15) is 0 Å². The molecule has 16 heavy (non-hydrogen) atoms. The van der Waals surface area contributed by atoms with Crippen LogP contribution < -0.4 is 16.0 Å². The highest BCUT2D eigenvalue weighted by molar-refractivity contribution is 5.74. The van der Waals surface area contributed by atoms with Gasteiger partial charge < -0.3 is 20.9 Å². The second-order valence-electron chi connectivity index (χ2n) is 3.56. The highest BCUT2D eigenvalue weighted by Gasteiger charge is 1.99. The summed E-state index contributed by atoms with van der Waals surface area (Å²) in [6.45, 7) is 6.82. The van der Waals surface area contributed by atoms with Crippen molar-refractivity contribution >= 4 is 11.9 Å². The second-order valence-corrected chi connectivity index (χ2v) is 3.56. The third kappa shape index (κ3) is 9.26. The maximum absolute atomic E-state index is 11.2. The second kappa shape index (κ2) is 8.96. The zero-order valence-electron chi connectivity index (χ0n) is 10.3. The van der Waals surface area contributed by atoms with E-state index >= 15 is 0 Å². The van der Waals surface area contributed by atoms with Crippen LogP contribution in [0.2, 0.25) is 0 Å². The van der Waals surface area contributed by atoms with Crippen molar-refractivity contribution in [3.05, 3.63) is 0 Å². The summed E-state index contributed by atoms with van der Waals surface area (Å²) in [7, 11) is 2.00. The Labute approximate surface area is 96.8 Å². The van der Waals surface area contributed by atoms with Gasteiger partial charge in [-0.15, -0.1) is 0 Å². The number of carbonyl (C=O) groups is 2. The molecule has 0 saturated heterocycles. The maximum Gasteiger partial charge on any atom is 0.314 e. The fourth-order valence-corrected chi connectivity index (χ4v) is 0.995. The summed E-state index contributed by atoms with van der Waals surface area (Å²) in [5, 5.41) is 7.97. The molecule has 0 aromatic carbocycles. The third-order valence-corrected chi connectivity index (χ3v) is 2.10. The van der Waals surface area contributed by atoms with Crippen LogP contribution in [0, 0.1) is 0 Å². The molecule has 0 heterocycles. The number of urea groups is 1. The lowest BCUT2D eigenvalue weighted by atomic mass is 10.5. The minimum absolute atomic E-state index is 0.0909. The highest BCUT2D eigenvalue weighted by atomic mass is 16.2. The number of nitrogens with one attached hydrogen (secondary N) is 3. The van der Waals surface area contributed by atoms with E-state index in [1.165, 1.54) is 6.92 Å². The predicted octanol–water partition coefficient (Wildman–Crippen LogP) is -0.627. The van der Waals surface area contributed by atoms with Crippen LogP contribution in [-0.4, -0.2) is 56.6 Å². The molecule has 0 fully saturated rings. The van der Waals surface area contributed by atoms with Gasteiger partial charge in [0.05, 0.1) is 0 Å². The van der Waals surface area contributed by atoms with Crippen LogP contribution in [-0.2, 0) is 4.79 Å². The molecule has 0 saturated carbocycles. The topological polar surface area (TPSA) is 73.5 Å². The van der Waals surface area contributed by atoms with Crippen LogP contribution in [0.25, 0.3) is 0 Å². The monoisotopic (exact) mass is 230 g/mol. The van der Waals surface area contributed by atoms with Gasteiger partial charge in [0.25, 0.3) is 0 Å². The number of likely N-dealkylation sites (N-methyl/N-ethyl adjacent to an activating group) is 1. The lowest BCUT2D eigenvalue weighted by molar-refractivity contribution is -0.118. The standard InChI is InChI=1S/C10H22N4O2/c1-4-14(3)8-7-13-10(16)12-6-5-11-9(2)15/h4-8H2,1-3H3,(H,11,15)(H2,12,13,16). The molecule has 0 aliphatic heterocycles. The largest absolute Gasteiger partial charge is 0.355 e. The van der Waals surface area contributed by atoms with Crippen molar-refractivity contribution in [3.8, 4) is 0 Å². The first-order valence-electron chi connectivity index (χ1n) is 5.51. The Morgan fingerprint density at radius 3 is 2.19 bits per heavy atom. The van der Waals surface area contributed by atoms with Crippen LogP contribution in [0.4, 0.5) is 4.79 Å². The van der Waals surface area contributed by atoms with E-state index in [4.69, 9.17) is 0 Å². The van der Waals surface area contributed by atoms with E-state index in [9.17, 15) is 9.59 Å². The van der Waals surface area contributed by atoms with Crippen LogP contribution in [0.15, 0.2) is 0 Å². The molecule has 3 amide bonds. The average molecular weight is 230 g/mol. The first kappa shape index (κ1) is 14.7. The Hall–Kier alpha value is -1.30. The molecule has 94 valence electrons. The Morgan fingerprint density at radius 1 is 1.06 bits per heavy atom. The van der Waals surface area contributed by atoms with Gasteiger partial charge in [-0.1, -0.05) is 6.92 Å². The van der Waals surface area contributed by atoms with Gasteiger partial charge in [0.15, 0.2) is 0 Å². The van der Waals surface area contributed by atoms with E-state index in [0.29, 0.717) is 19.6 Å². The van der Waals surface area contributed by atoms with Crippen LogP contribution in [0.1, 0.15) is 13.8 Å². The first-order valence-corrected chi connectivity index (χ1v) is 5.51. The molecular weight excluding hydrogens is 208 g/mol. The van der Waals surface area contributed by atoms with Gasteiger partial charge in [0, 0.05) is 33.1 Å². The molecule has 0 aromatic heterocycles. The summed E-state index contributed by atoms with van der Waals surface area (Å²) in [6.07, 6.45) is 0. The molecule has 0 aliphatic carbocycles. The number of carbonyl (C=O) groups excluding carboxylic acids is 2. The number of nitrogens with zero attached hydrogens (tertiary/aromatic N) is 1. The lowest BCUT2D eigenvalue weighted by Crippen LogP contribution is -2.42. The minimum atomic E-state index is -0.199. The van der Waals surface area contributed by atoms with Crippen molar-refractivity contribution in [1.29, 1.82) is 0 Å². The normalized spacial score (nSPS) is 10.0. The summed E-state index contributed by atoms with van der Waals surface area (Å²) in [4.78, 5) is 23.8. The van der Waals surface area contributed by atoms with E-state index in [-0.39, 0.29) is 11.9 Å². The molecular formula is C10H22N4O2. The molecule has 6 heteroatoms. The summed E-state index contributed by atoms with van der Waals surface area (Å²) >= 11 is 0. The molecule has 0 radical (unpaired) electrons. The SMILES string of the molecule is CCN(C)CCNC(=O)NCCNC(C)=O. The van der Waals surface area contributed by atoms with Gasteiger partial charge in [-0.05, 0) is 13.6 Å². The summed E-state index contributed by atoms with van der Waals surface area (Å²) in [6, 6.07) is -0.199. The van der Waals surface area contributed by atoms with Gasteiger partial charge in [-0.25, -0.2) is 4.79 Å². The van der Waals surface area contributed by atoms with Crippen LogP contribution >= 0.6 is 0 Å². The molecule has 0 aliphatic rings. The van der Waals surface area contributed by atoms with Gasteiger partial charge in [-0.3, -0.25) is 4.79 Å². The molecule has 0 spiro atoms. The molecule has 0 atom stereocenters. The predicted molar refractivity (Wildman–Crippen MR) is 63.3 cm³/mol. The van der Waals surface area contributed by atoms with Crippen molar-refractivity contribution in [2.75, 3.05) is 39.8 Å². The molecule has 0 rings (SSSR count). The van der Waals surface area contributed by atoms with Crippen molar-refractivity contribution in [1.82, 2.24) is 20.9 Å². The number of hydrogen-bond donors (Lipinski definition) is 3. The molecule has 6 nitrogen and oxygen atoms in total. The van der Waals surface area contributed by atoms with Crippen LogP contribution in [0.3, 0.4) is 0 Å². The fourth-order valence-electron chi connectivity index (χ4n) is 0.995. The van der Waals surface area contributed by atoms with E-state index < -0.39 is 0 Å². The molecule has 0 unspecified atom stereocenters. The van der Waals surface area contributed by atoms with Crippen molar-refractivity contribution in [3.63, 3.8) is 0 Å². The number of rotatable bonds is 7. The summed E-state index contributed by atoms with van der Waals surface area (Å²) < 4.78 is 0. The third-order valence-electron chi connectivity index (χ3n) is 2.10. The number of hydrogen-bond acceptors (Lipinski definition) is 3. The zero-order valence-corrected chi connectivity index (χ0v) is 10.3. The number of amides is 3. The Bertz CT molecular complexity index is 221. The Balaban J connectivity index is 3.34. The van der Waals surface area contributed by atoms with Crippen molar-refractivity contribution in [2.24, 2.45) is 0 Å². The van der Waals surface area contributed by atoms with E-state index in [2.05, 4.69) is 27.8 Å². The minimum Gasteiger partial charge on any atom is -0.355 e. The van der Waals surface area contributed by atoms with E-state index in [0.717, 1.165) is 13.1 Å². The Morgan fingerprint density at radius 2 is 1.62 bits per heavy atom. The Kier molecular flexibility index (Phi) is 8.24. The van der Waals surface area contributed by atoms with Crippen molar-refractivity contribution in [2.45, 2.75) is 13.8 Å². The van der Waals surface area contributed by atoms with Gasteiger partial charge in [0.2, 0.25) is 5.91 Å². The van der Waals surface area contributed by atoms with E-state index in [1.54, 1.807) is 0 Å². The van der Waals surface area contributed by atoms with E-state index in [1.807, 2.05) is 7.05 Å². The first-order chi connectivity index (χ1) is 7.56. The van der Waals surface area contributed by atoms with Gasteiger partial charge >= 0.3 is 6.03 Å². The average Bonchev–Trinajstić information content (AvgIpc) is 2.24. The maximum atomic E-state index is 11.2. The van der Waals surface area contributed by atoms with Crippen LogP contribution in [0.5, 0.6) is 0 Å². The molecule has 0 bridgehead atoms.